The Hall–Kier alpha value is -2.16. The number of benzene rings is 1. The first-order valence-electron chi connectivity index (χ1n) is 10.2. The van der Waals surface area contributed by atoms with Gasteiger partial charge in [-0.3, -0.25) is 9.78 Å². The molecule has 0 spiro atoms. The number of methoxy groups -OCH3 is 1. The molecule has 1 amide bonds. The van der Waals surface area contributed by atoms with E-state index in [9.17, 15) is 13.2 Å². The van der Waals surface area contributed by atoms with Gasteiger partial charge >= 0.3 is 0 Å². The molecule has 9 heteroatoms. The summed E-state index contributed by atoms with van der Waals surface area (Å²) >= 11 is 6.22. The Morgan fingerprint density at radius 1 is 1.35 bits per heavy atom. The highest BCUT2D eigenvalue weighted by atomic mass is 35.5. The van der Waals surface area contributed by atoms with Gasteiger partial charge in [-0.05, 0) is 50.8 Å². The highest BCUT2D eigenvalue weighted by Gasteiger charge is 2.31. The lowest BCUT2D eigenvalue weighted by atomic mass is 10.0. The quantitative estimate of drug-likeness (QED) is 0.702. The molecule has 168 valence electrons. The highest BCUT2D eigenvalue weighted by Crippen LogP contribution is 2.29. The molecule has 1 aliphatic rings. The molecule has 1 fully saturated rings. The van der Waals surface area contributed by atoms with Crippen molar-refractivity contribution in [2.45, 2.75) is 45.1 Å². The standard InChI is InChI=1S/C22H28ClN3O4S/c1-14-6-5-9-26(13-14)31(28,29)20-10-17(7-8-18(20)23)22(27)25-12-19-16(3)21(30-4)15(2)11-24-19/h7-8,10-11,14H,5-6,9,12-13H2,1-4H3,(H,25,27)/t14-/m1/s1. The molecule has 0 radical (unpaired) electrons. The van der Waals surface area contributed by atoms with E-state index in [1.54, 1.807) is 13.3 Å². The van der Waals surface area contributed by atoms with Crippen molar-refractivity contribution >= 4 is 27.5 Å². The number of amides is 1. The van der Waals surface area contributed by atoms with Gasteiger partial charge in [-0.25, -0.2) is 8.42 Å². The fraction of sp³-hybridized carbons (Fsp3) is 0.455. The van der Waals surface area contributed by atoms with Crippen LogP contribution in [0.5, 0.6) is 5.75 Å². The van der Waals surface area contributed by atoms with Crippen LogP contribution in [0.1, 0.15) is 46.9 Å². The number of sulfonamides is 1. The number of hydrogen-bond acceptors (Lipinski definition) is 5. The summed E-state index contributed by atoms with van der Waals surface area (Å²) in [5.41, 5.74) is 2.67. The first-order valence-corrected chi connectivity index (χ1v) is 12.0. The Morgan fingerprint density at radius 3 is 2.77 bits per heavy atom. The Labute approximate surface area is 188 Å². The zero-order valence-corrected chi connectivity index (χ0v) is 19.8. The lowest BCUT2D eigenvalue weighted by Gasteiger charge is -2.30. The van der Waals surface area contributed by atoms with Crippen LogP contribution in [0.15, 0.2) is 29.3 Å². The molecule has 0 saturated carbocycles. The van der Waals surface area contributed by atoms with E-state index in [1.807, 2.05) is 20.8 Å². The average Bonchev–Trinajstić information content (AvgIpc) is 2.73. The second-order valence-electron chi connectivity index (χ2n) is 7.98. The third-order valence-corrected chi connectivity index (χ3v) is 7.94. The molecule has 0 aliphatic carbocycles. The molecule has 2 aromatic rings. The molecule has 0 bridgehead atoms. The molecule has 2 heterocycles. The SMILES string of the molecule is COc1c(C)cnc(CNC(=O)c2ccc(Cl)c(S(=O)(=O)N3CCC[C@@H](C)C3)c2)c1C. The molecule has 1 saturated heterocycles. The van der Waals surface area contributed by atoms with Crippen LogP contribution in [0.2, 0.25) is 5.02 Å². The zero-order valence-electron chi connectivity index (χ0n) is 18.2. The minimum Gasteiger partial charge on any atom is -0.496 e. The lowest BCUT2D eigenvalue weighted by Crippen LogP contribution is -2.39. The molecular weight excluding hydrogens is 438 g/mol. The number of halogens is 1. The van der Waals surface area contributed by atoms with Gasteiger partial charge in [0.2, 0.25) is 10.0 Å². The van der Waals surface area contributed by atoms with E-state index < -0.39 is 15.9 Å². The van der Waals surface area contributed by atoms with Gasteiger partial charge in [-0.15, -0.1) is 0 Å². The van der Waals surface area contributed by atoms with Crippen molar-refractivity contribution in [2.24, 2.45) is 5.92 Å². The lowest BCUT2D eigenvalue weighted by molar-refractivity contribution is 0.0950. The molecule has 1 aliphatic heterocycles. The number of rotatable bonds is 6. The van der Waals surface area contributed by atoms with E-state index in [4.69, 9.17) is 16.3 Å². The van der Waals surface area contributed by atoms with E-state index in [2.05, 4.69) is 10.3 Å². The minimum absolute atomic E-state index is 0.0396. The number of ether oxygens (including phenoxy) is 1. The van der Waals surface area contributed by atoms with Crippen molar-refractivity contribution in [1.29, 1.82) is 0 Å². The molecule has 1 aromatic carbocycles. The zero-order chi connectivity index (χ0) is 22.8. The molecule has 1 atom stereocenters. The van der Waals surface area contributed by atoms with Gasteiger partial charge in [-0.1, -0.05) is 18.5 Å². The first-order chi connectivity index (χ1) is 14.6. The van der Waals surface area contributed by atoms with Crippen LogP contribution in [-0.4, -0.2) is 43.8 Å². The molecule has 1 aromatic heterocycles. The van der Waals surface area contributed by atoms with Crippen LogP contribution >= 0.6 is 11.6 Å². The van der Waals surface area contributed by atoms with Gasteiger partial charge in [-0.2, -0.15) is 4.31 Å². The number of piperidine rings is 1. The number of aryl methyl sites for hydroxylation is 1. The first kappa shape index (κ1) is 23.5. The van der Waals surface area contributed by atoms with Crippen molar-refractivity contribution < 1.29 is 17.9 Å². The topological polar surface area (TPSA) is 88.6 Å². The monoisotopic (exact) mass is 465 g/mol. The predicted octanol–water partition coefficient (Wildman–Crippen LogP) is 3.71. The fourth-order valence-electron chi connectivity index (χ4n) is 3.86. The van der Waals surface area contributed by atoms with E-state index in [0.717, 1.165) is 29.7 Å². The summed E-state index contributed by atoms with van der Waals surface area (Å²) in [4.78, 5) is 17.1. The van der Waals surface area contributed by atoms with Crippen LogP contribution in [0.4, 0.5) is 0 Å². The fourth-order valence-corrected chi connectivity index (χ4v) is 5.96. The highest BCUT2D eigenvalue weighted by molar-refractivity contribution is 7.89. The van der Waals surface area contributed by atoms with Gasteiger partial charge in [0.15, 0.2) is 0 Å². The maximum atomic E-state index is 13.1. The van der Waals surface area contributed by atoms with Gasteiger partial charge < -0.3 is 10.1 Å². The Morgan fingerprint density at radius 2 is 2.10 bits per heavy atom. The van der Waals surface area contributed by atoms with Crippen molar-refractivity contribution in [3.05, 3.63) is 51.8 Å². The summed E-state index contributed by atoms with van der Waals surface area (Å²) in [7, 11) is -2.18. The van der Waals surface area contributed by atoms with Gasteiger partial charge in [0.25, 0.3) is 5.91 Å². The van der Waals surface area contributed by atoms with Crippen LogP contribution in [0.25, 0.3) is 0 Å². The maximum Gasteiger partial charge on any atom is 0.251 e. The van der Waals surface area contributed by atoms with Gasteiger partial charge in [0.1, 0.15) is 10.6 Å². The number of carbonyl (C=O) groups is 1. The number of nitrogens with zero attached hydrogens (tertiary/aromatic N) is 2. The van der Waals surface area contributed by atoms with Crippen LogP contribution in [-0.2, 0) is 16.6 Å². The van der Waals surface area contributed by atoms with Gasteiger partial charge in [0, 0.05) is 36.0 Å². The van der Waals surface area contributed by atoms with Gasteiger partial charge in [0.05, 0.1) is 24.4 Å². The van der Waals surface area contributed by atoms with Crippen molar-refractivity contribution in [1.82, 2.24) is 14.6 Å². The molecule has 0 unspecified atom stereocenters. The number of pyridine rings is 1. The van der Waals surface area contributed by atoms with E-state index in [0.29, 0.717) is 18.8 Å². The van der Waals surface area contributed by atoms with Crippen molar-refractivity contribution in [3.63, 3.8) is 0 Å². The van der Waals surface area contributed by atoms with Crippen molar-refractivity contribution in [3.8, 4) is 5.75 Å². The smallest absolute Gasteiger partial charge is 0.251 e. The van der Waals surface area contributed by atoms with Crippen LogP contribution in [0, 0.1) is 19.8 Å². The number of hydrogen-bond donors (Lipinski definition) is 1. The van der Waals surface area contributed by atoms with E-state index in [1.165, 1.54) is 22.5 Å². The second-order valence-corrected chi connectivity index (χ2v) is 10.3. The summed E-state index contributed by atoms with van der Waals surface area (Å²) in [5.74, 6) is 0.617. The summed E-state index contributed by atoms with van der Waals surface area (Å²) in [6, 6.07) is 4.32. The third kappa shape index (κ3) is 5.02. The summed E-state index contributed by atoms with van der Waals surface area (Å²) in [6.45, 7) is 6.92. The Balaban J connectivity index is 1.81. The molecule has 31 heavy (non-hydrogen) atoms. The molecule has 3 rings (SSSR count). The summed E-state index contributed by atoms with van der Waals surface area (Å²) < 4.78 is 33.1. The summed E-state index contributed by atoms with van der Waals surface area (Å²) in [5, 5.41) is 2.91. The second kappa shape index (κ2) is 9.54. The predicted molar refractivity (Wildman–Crippen MR) is 120 cm³/mol. The molecular formula is C22H28ClN3O4S. The average molecular weight is 466 g/mol. The molecule has 7 nitrogen and oxygen atoms in total. The van der Waals surface area contributed by atoms with Crippen LogP contribution in [0.3, 0.4) is 0 Å². The molecule has 1 N–H and O–H groups in total. The number of carbonyl (C=O) groups excluding carboxylic acids is 1. The number of aromatic nitrogens is 1. The third-order valence-electron chi connectivity index (χ3n) is 5.60. The van der Waals surface area contributed by atoms with E-state index >= 15 is 0 Å². The number of nitrogens with one attached hydrogen (secondary N) is 1. The summed E-state index contributed by atoms with van der Waals surface area (Å²) in [6.07, 6.45) is 3.50. The Kier molecular flexibility index (Phi) is 7.24. The Bertz CT molecular complexity index is 1090. The minimum atomic E-state index is -3.78. The van der Waals surface area contributed by atoms with Crippen molar-refractivity contribution in [2.75, 3.05) is 20.2 Å². The van der Waals surface area contributed by atoms with E-state index in [-0.39, 0.29) is 27.9 Å². The normalized spacial score (nSPS) is 17.4. The van der Waals surface area contributed by atoms with Crippen LogP contribution < -0.4 is 10.1 Å². The maximum absolute atomic E-state index is 13.1. The largest absolute Gasteiger partial charge is 0.496 e.